The highest BCUT2D eigenvalue weighted by Crippen LogP contribution is 2.26. The van der Waals surface area contributed by atoms with Crippen molar-refractivity contribution in [2.24, 2.45) is 0 Å². The normalized spacial score (nSPS) is 14.5. The van der Waals surface area contributed by atoms with Gasteiger partial charge >= 0.3 is 0 Å². The smallest absolute Gasteiger partial charge is 0.165 e. The first-order chi connectivity index (χ1) is 8.36. The van der Waals surface area contributed by atoms with E-state index in [9.17, 15) is 0 Å². The molecule has 0 aliphatic carbocycles. The Kier molecular flexibility index (Phi) is 4.22. The number of benzene rings is 1. The van der Waals surface area contributed by atoms with E-state index in [1.54, 1.807) is 0 Å². The van der Waals surface area contributed by atoms with Gasteiger partial charge in [0.2, 0.25) is 0 Å². The molecule has 1 aromatic carbocycles. The van der Waals surface area contributed by atoms with Crippen LogP contribution in [0.2, 0.25) is 5.02 Å². The summed E-state index contributed by atoms with van der Waals surface area (Å²) in [6.45, 7) is 2.80. The van der Waals surface area contributed by atoms with E-state index in [0.29, 0.717) is 0 Å². The highest BCUT2D eigenvalue weighted by Gasteiger charge is 2.16. The Bertz CT molecular complexity index is 539. The van der Waals surface area contributed by atoms with Crippen molar-refractivity contribution in [3.63, 3.8) is 0 Å². The average molecular weight is 285 g/mol. The van der Waals surface area contributed by atoms with Crippen LogP contribution in [0.1, 0.15) is 5.82 Å². The third-order valence-electron chi connectivity index (χ3n) is 2.98. The Hall–Kier alpha value is -1.10. The largest absolute Gasteiger partial charge is 0.315 e. The number of halogens is 2. The number of nitrogens with zero attached hydrogens (tertiary/aromatic N) is 3. The van der Waals surface area contributed by atoms with Gasteiger partial charge in [0.15, 0.2) is 5.82 Å². The fourth-order valence-corrected chi connectivity index (χ4v) is 2.33. The summed E-state index contributed by atoms with van der Waals surface area (Å²) >= 11 is 6.20. The average Bonchev–Trinajstić information content (AvgIpc) is 2.59. The molecule has 0 saturated heterocycles. The van der Waals surface area contributed by atoms with Crippen molar-refractivity contribution in [3.05, 3.63) is 35.1 Å². The number of hydrogen-bond donors (Lipinski definition) is 1. The summed E-state index contributed by atoms with van der Waals surface area (Å²) in [6.07, 6.45) is 0.914. The van der Waals surface area contributed by atoms with Crippen LogP contribution in [-0.4, -0.2) is 27.9 Å². The van der Waals surface area contributed by atoms with Gasteiger partial charge in [-0.1, -0.05) is 23.7 Å². The molecule has 0 unspecified atom stereocenters. The molecule has 4 nitrogen and oxygen atoms in total. The molecule has 1 N–H and O–H groups in total. The summed E-state index contributed by atoms with van der Waals surface area (Å²) in [7, 11) is 0. The predicted octanol–water partition coefficient (Wildman–Crippen LogP) is 2.17. The van der Waals surface area contributed by atoms with Gasteiger partial charge in [0.25, 0.3) is 0 Å². The molecule has 1 aliphatic heterocycles. The minimum Gasteiger partial charge on any atom is -0.315 e. The van der Waals surface area contributed by atoms with Gasteiger partial charge in [0.1, 0.15) is 5.82 Å². The molecule has 18 heavy (non-hydrogen) atoms. The van der Waals surface area contributed by atoms with Crippen LogP contribution in [0.15, 0.2) is 24.3 Å². The molecule has 0 saturated carbocycles. The Morgan fingerprint density at radius 3 is 2.83 bits per heavy atom. The van der Waals surface area contributed by atoms with Crippen molar-refractivity contribution in [2.45, 2.75) is 13.0 Å². The number of nitrogens with one attached hydrogen (secondary N) is 1. The third kappa shape index (κ3) is 2.36. The zero-order valence-electron chi connectivity index (χ0n) is 9.77. The molecule has 1 aromatic heterocycles. The third-order valence-corrected chi connectivity index (χ3v) is 3.31. The Balaban J connectivity index is 0.00000120. The first-order valence-electron chi connectivity index (χ1n) is 5.74. The zero-order chi connectivity index (χ0) is 11.7. The van der Waals surface area contributed by atoms with Gasteiger partial charge in [-0.25, -0.2) is 0 Å². The molecule has 96 valence electrons. The Morgan fingerprint density at radius 2 is 2.00 bits per heavy atom. The van der Waals surface area contributed by atoms with Crippen LogP contribution in [0, 0.1) is 0 Å². The lowest BCUT2D eigenvalue weighted by atomic mass is 10.2. The van der Waals surface area contributed by atoms with Crippen LogP contribution in [0.4, 0.5) is 0 Å². The van der Waals surface area contributed by atoms with Crippen LogP contribution in [0.5, 0.6) is 0 Å². The molecule has 6 heteroatoms. The highest BCUT2D eigenvalue weighted by molar-refractivity contribution is 6.33. The van der Waals surface area contributed by atoms with E-state index in [0.717, 1.165) is 48.3 Å². The lowest BCUT2D eigenvalue weighted by Gasteiger charge is -2.07. The maximum Gasteiger partial charge on any atom is 0.165 e. The second kappa shape index (κ2) is 5.69. The standard InChI is InChI=1S/C12H13ClN4.ClH/c13-10-4-2-1-3-9(10)12-16-15-11-5-6-14-7-8-17(11)12;/h1-4,14H,5-8H2;1H. The van der Waals surface area contributed by atoms with Crippen LogP contribution < -0.4 is 5.32 Å². The van der Waals surface area contributed by atoms with E-state index in [1.165, 1.54) is 0 Å². The SMILES string of the molecule is Cl.Clc1ccccc1-c1nnc2n1CCNCC2. The molecule has 0 bridgehead atoms. The summed E-state index contributed by atoms with van der Waals surface area (Å²) in [4.78, 5) is 0. The molecule has 0 spiro atoms. The topological polar surface area (TPSA) is 42.7 Å². The highest BCUT2D eigenvalue weighted by atomic mass is 35.5. The molecular formula is C12H14Cl2N4. The Morgan fingerprint density at radius 1 is 1.17 bits per heavy atom. The predicted molar refractivity (Wildman–Crippen MR) is 74.3 cm³/mol. The van der Waals surface area contributed by atoms with Crippen LogP contribution in [0.25, 0.3) is 11.4 Å². The van der Waals surface area contributed by atoms with Crippen LogP contribution in [0.3, 0.4) is 0 Å². The van der Waals surface area contributed by atoms with Gasteiger partial charge in [-0.2, -0.15) is 0 Å². The van der Waals surface area contributed by atoms with Crippen molar-refractivity contribution in [1.82, 2.24) is 20.1 Å². The van der Waals surface area contributed by atoms with Gasteiger partial charge in [-0.15, -0.1) is 22.6 Å². The molecule has 0 fully saturated rings. The Labute approximate surface area is 117 Å². The first-order valence-corrected chi connectivity index (χ1v) is 6.12. The van der Waals surface area contributed by atoms with Gasteiger partial charge in [-0.3, -0.25) is 0 Å². The maximum absolute atomic E-state index is 6.20. The molecule has 0 radical (unpaired) electrons. The molecule has 1 aliphatic rings. The van der Waals surface area contributed by atoms with E-state index >= 15 is 0 Å². The lowest BCUT2D eigenvalue weighted by Crippen LogP contribution is -2.17. The summed E-state index contributed by atoms with van der Waals surface area (Å²) in [5.41, 5.74) is 0.954. The molecule has 2 heterocycles. The van der Waals surface area contributed by atoms with Crippen molar-refractivity contribution < 1.29 is 0 Å². The molecular weight excluding hydrogens is 271 g/mol. The molecule has 2 aromatic rings. The number of fused-ring (bicyclic) bond motifs is 1. The van der Waals surface area contributed by atoms with Crippen LogP contribution in [-0.2, 0) is 13.0 Å². The van der Waals surface area contributed by atoms with Gasteiger partial charge in [0.05, 0.1) is 5.02 Å². The molecule has 0 amide bonds. The maximum atomic E-state index is 6.20. The fourth-order valence-electron chi connectivity index (χ4n) is 2.11. The molecule has 3 rings (SSSR count). The quantitative estimate of drug-likeness (QED) is 0.873. The van der Waals surface area contributed by atoms with E-state index in [1.807, 2.05) is 24.3 Å². The van der Waals surface area contributed by atoms with Crippen molar-refractivity contribution in [1.29, 1.82) is 0 Å². The van der Waals surface area contributed by atoms with Crippen LogP contribution >= 0.6 is 24.0 Å². The second-order valence-electron chi connectivity index (χ2n) is 4.07. The zero-order valence-corrected chi connectivity index (χ0v) is 11.3. The first kappa shape index (κ1) is 13.3. The second-order valence-corrected chi connectivity index (χ2v) is 4.48. The monoisotopic (exact) mass is 284 g/mol. The molecule has 0 atom stereocenters. The summed E-state index contributed by atoms with van der Waals surface area (Å²) in [5, 5.41) is 12.6. The summed E-state index contributed by atoms with van der Waals surface area (Å²) < 4.78 is 2.15. The van der Waals surface area contributed by atoms with Gasteiger partial charge in [-0.05, 0) is 12.1 Å². The van der Waals surface area contributed by atoms with E-state index < -0.39 is 0 Å². The minimum absolute atomic E-state index is 0. The number of rotatable bonds is 1. The van der Waals surface area contributed by atoms with E-state index in [2.05, 4.69) is 20.1 Å². The van der Waals surface area contributed by atoms with Gasteiger partial charge in [0, 0.05) is 31.6 Å². The summed E-state index contributed by atoms with van der Waals surface area (Å²) in [5.74, 6) is 1.90. The minimum atomic E-state index is 0. The number of hydrogen-bond acceptors (Lipinski definition) is 3. The number of aromatic nitrogens is 3. The van der Waals surface area contributed by atoms with E-state index in [-0.39, 0.29) is 12.4 Å². The fraction of sp³-hybridized carbons (Fsp3) is 0.333. The van der Waals surface area contributed by atoms with Crippen molar-refractivity contribution in [3.8, 4) is 11.4 Å². The van der Waals surface area contributed by atoms with Crippen molar-refractivity contribution >= 4 is 24.0 Å². The summed E-state index contributed by atoms with van der Waals surface area (Å²) in [6, 6.07) is 7.76. The van der Waals surface area contributed by atoms with Gasteiger partial charge < -0.3 is 9.88 Å². The van der Waals surface area contributed by atoms with Crippen molar-refractivity contribution in [2.75, 3.05) is 13.1 Å². The lowest BCUT2D eigenvalue weighted by molar-refractivity contribution is 0.647. The van der Waals surface area contributed by atoms with E-state index in [4.69, 9.17) is 11.6 Å².